The summed E-state index contributed by atoms with van der Waals surface area (Å²) in [4.78, 5) is 27.1. The third-order valence-corrected chi connectivity index (χ3v) is 6.06. The molecular formula is C21H30N6O2. The number of hydrogen-bond acceptors (Lipinski definition) is 5. The number of H-pyrrole nitrogens is 1. The van der Waals surface area contributed by atoms with Crippen molar-refractivity contribution in [3.8, 4) is 0 Å². The third-order valence-electron chi connectivity index (χ3n) is 6.06. The van der Waals surface area contributed by atoms with E-state index in [9.17, 15) is 9.59 Å². The molecule has 29 heavy (non-hydrogen) atoms. The number of carbonyl (C=O) groups is 1. The minimum atomic E-state index is -0.146. The second-order valence-electron chi connectivity index (χ2n) is 8.22. The molecule has 0 saturated carbocycles. The number of rotatable bonds is 6. The van der Waals surface area contributed by atoms with Crippen LogP contribution in [0.25, 0.3) is 0 Å². The first kappa shape index (κ1) is 19.8. The topological polar surface area (TPSA) is 95.9 Å². The van der Waals surface area contributed by atoms with E-state index in [0.717, 1.165) is 75.0 Å². The van der Waals surface area contributed by atoms with Crippen LogP contribution in [0.2, 0.25) is 0 Å². The second kappa shape index (κ2) is 8.90. The Morgan fingerprint density at radius 2 is 2.07 bits per heavy atom. The van der Waals surface area contributed by atoms with Crippen molar-refractivity contribution >= 4 is 5.91 Å². The van der Waals surface area contributed by atoms with E-state index in [1.54, 1.807) is 16.8 Å². The molecule has 2 N–H and O–H groups in total. The Morgan fingerprint density at radius 1 is 1.21 bits per heavy atom. The zero-order chi connectivity index (χ0) is 20.2. The van der Waals surface area contributed by atoms with E-state index in [2.05, 4.69) is 25.5 Å². The Morgan fingerprint density at radius 3 is 2.90 bits per heavy atom. The SMILES string of the molecule is Cc1cc(C(=O)NCC2CCCCN2CCn2nc3c(cc2=O)CCCC3)n[nH]1. The van der Waals surface area contributed by atoms with Crippen LogP contribution in [0.5, 0.6) is 0 Å². The van der Waals surface area contributed by atoms with Crippen LogP contribution in [0, 0.1) is 6.92 Å². The van der Waals surface area contributed by atoms with Crippen LogP contribution in [-0.4, -0.2) is 56.5 Å². The van der Waals surface area contributed by atoms with Crippen molar-refractivity contribution < 1.29 is 4.79 Å². The van der Waals surface area contributed by atoms with Crippen molar-refractivity contribution in [2.75, 3.05) is 19.6 Å². The molecule has 1 aliphatic carbocycles. The van der Waals surface area contributed by atoms with Gasteiger partial charge in [0, 0.05) is 30.9 Å². The molecule has 1 fully saturated rings. The fraction of sp³-hybridized carbons (Fsp3) is 0.619. The van der Waals surface area contributed by atoms with Crippen molar-refractivity contribution in [3.05, 3.63) is 45.1 Å². The van der Waals surface area contributed by atoms with Gasteiger partial charge in [-0.2, -0.15) is 10.2 Å². The average Bonchev–Trinajstić information content (AvgIpc) is 3.17. The molecule has 0 radical (unpaired) electrons. The summed E-state index contributed by atoms with van der Waals surface area (Å²) in [6, 6.07) is 3.81. The summed E-state index contributed by atoms with van der Waals surface area (Å²) in [7, 11) is 0. The summed E-state index contributed by atoms with van der Waals surface area (Å²) in [5.74, 6) is -0.146. The number of fused-ring (bicyclic) bond motifs is 1. The molecule has 0 bridgehead atoms. The van der Waals surface area contributed by atoms with E-state index in [4.69, 9.17) is 0 Å². The first-order valence-electron chi connectivity index (χ1n) is 10.7. The molecule has 2 aromatic heterocycles. The summed E-state index contributed by atoms with van der Waals surface area (Å²) >= 11 is 0. The molecule has 8 nitrogen and oxygen atoms in total. The highest BCUT2D eigenvalue weighted by atomic mass is 16.2. The van der Waals surface area contributed by atoms with Crippen LogP contribution < -0.4 is 10.9 Å². The van der Waals surface area contributed by atoms with Gasteiger partial charge in [0.15, 0.2) is 0 Å². The Balaban J connectivity index is 1.35. The van der Waals surface area contributed by atoms with E-state index >= 15 is 0 Å². The van der Waals surface area contributed by atoms with Crippen LogP contribution in [0.3, 0.4) is 0 Å². The fourth-order valence-corrected chi connectivity index (χ4v) is 4.41. The molecule has 1 aliphatic heterocycles. The standard InChI is InChI=1S/C21H30N6O2/c1-15-12-19(24-23-15)21(29)22-14-17-7-4-5-9-26(17)10-11-27-20(28)13-16-6-2-3-8-18(16)25-27/h12-13,17H,2-11,14H2,1H3,(H,22,29)(H,23,24). The maximum absolute atomic E-state index is 12.4. The smallest absolute Gasteiger partial charge is 0.271 e. The number of nitrogens with one attached hydrogen (secondary N) is 2. The van der Waals surface area contributed by atoms with E-state index in [-0.39, 0.29) is 17.5 Å². The molecule has 1 atom stereocenters. The number of likely N-dealkylation sites (tertiary alicyclic amines) is 1. The largest absolute Gasteiger partial charge is 0.349 e. The molecule has 3 heterocycles. The van der Waals surface area contributed by atoms with Gasteiger partial charge in [0.1, 0.15) is 5.69 Å². The maximum atomic E-state index is 12.4. The lowest BCUT2D eigenvalue weighted by Crippen LogP contribution is -2.48. The highest BCUT2D eigenvalue weighted by Crippen LogP contribution is 2.18. The normalized spacial score (nSPS) is 19.7. The molecule has 0 aromatic carbocycles. The summed E-state index contributed by atoms with van der Waals surface area (Å²) < 4.78 is 1.63. The van der Waals surface area contributed by atoms with E-state index in [1.165, 1.54) is 0 Å². The van der Waals surface area contributed by atoms with Crippen molar-refractivity contribution in [2.45, 2.75) is 64.5 Å². The van der Waals surface area contributed by atoms with Crippen LogP contribution in [0.15, 0.2) is 16.9 Å². The van der Waals surface area contributed by atoms with Crippen molar-refractivity contribution in [1.29, 1.82) is 0 Å². The summed E-state index contributed by atoms with van der Waals surface area (Å²) in [6.45, 7) is 4.82. The number of piperidine rings is 1. The van der Waals surface area contributed by atoms with Gasteiger partial charge in [0.05, 0.1) is 12.2 Å². The molecular weight excluding hydrogens is 368 g/mol. The second-order valence-corrected chi connectivity index (χ2v) is 8.22. The predicted octanol–water partition coefficient (Wildman–Crippen LogP) is 1.44. The Bertz CT molecular complexity index is 918. The molecule has 8 heteroatoms. The number of nitrogens with zero attached hydrogens (tertiary/aromatic N) is 4. The molecule has 4 rings (SSSR count). The minimum Gasteiger partial charge on any atom is -0.349 e. The maximum Gasteiger partial charge on any atom is 0.271 e. The van der Waals surface area contributed by atoms with Gasteiger partial charge in [-0.15, -0.1) is 0 Å². The number of hydrogen-bond donors (Lipinski definition) is 2. The van der Waals surface area contributed by atoms with Gasteiger partial charge in [-0.25, -0.2) is 4.68 Å². The molecule has 2 aliphatic rings. The highest BCUT2D eigenvalue weighted by molar-refractivity contribution is 5.92. The van der Waals surface area contributed by atoms with Gasteiger partial charge in [-0.1, -0.05) is 6.42 Å². The summed E-state index contributed by atoms with van der Waals surface area (Å²) in [5.41, 5.74) is 3.52. The molecule has 1 saturated heterocycles. The Hall–Kier alpha value is -2.48. The van der Waals surface area contributed by atoms with E-state index < -0.39 is 0 Å². The lowest BCUT2D eigenvalue weighted by Gasteiger charge is -2.35. The van der Waals surface area contributed by atoms with Gasteiger partial charge < -0.3 is 5.32 Å². The molecule has 2 aromatic rings. The van der Waals surface area contributed by atoms with Crippen LogP contribution in [0.1, 0.15) is 59.5 Å². The lowest BCUT2D eigenvalue weighted by atomic mass is 9.97. The molecule has 156 valence electrons. The fourth-order valence-electron chi connectivity index (χ4n) is 4.41. The number of aryl methyl sites for hydroxylation is 3. The van der Waals surface area contributed by atoms with E-state index in [0.29, 0.717) is 18.8 Å². The molecule has 1 amide bonds. The zero-order valence-corrected chi connectivity index (χ0v) is 17.1. The van der Waals surface area contributed by atoms with Gasteiger partial charge in [-0.3, -0.25) is 19.6 Å². The number of aromatic amines is 1. The van der Waals surface area contributed by atoms with Gasteiger partial charge in [-0.05, 0) is 63.6 Å². The summed E-state index contributed by atoms with van der Waals surface area (Å²) in [5, 5.41) is 14.5. The van der Waals surface area contributed by atoms with Crippen LogP contribution in [0.4, 0.5) is 0 Å². The Labute approximate surface area is 170 Å². The lowest BCUT2D eigenvalue weighted by molar-refractivity contribution is 0.0904. The third kappa shape index (κ3) is 4.75. The van der Waals surface area contributed by atoms with Gasteiger partial charge in [0.25, 0.3) is 11.5 Å². The average molecular weight is 399 g/mol. The van der Waals surface area contributed by atoms with E-state index in [1.807, 2.05) is 6.92 Å². The van der Waals surface area contributed by atoms with Crippen molar-refractivity contribution in [3.63, 3.8) is 0 Å². The first-order valence-corrected chi connectivity index (χ1v) is 10.7. The quantitative estimate of drug-likeness (QED) is 0.768. The highest BCUT2D eigenvalue weighted by Gasteiger charge is 2.23. The van der Waals surface area contributed by atoms with Crippen LogP contribution >= 0.6 is 0 Å². The van der Waals surface area contributed by atoms with Gasteiger partial charge >= 0.3 is 0 Å². The van der Waals surface area contributed by atoms with Crippen LogP contribution in [-0.2, 0) is 19.4 Å². The number of aromatic nitrogens is 4. The van der Waals surface area contributed by atoms with Crippen molar-refractivity contribution in [1.82, 2.24) is 30.2 Å². The minimum absolute atomic E-state index is 0.00131. The van der Waals surface area contributed by atoms with Gasteiger partial charge in [0.2, 0.25) is 0 Å². The summed E-state index contributed by atoms with van der Waals surface area (Å²) in [6.07, 6.45) is 7.61. The molecule has 0 spiro atoms. The predicted molar refractivity (Wildman–Crippen MR) is 110 cm³/mol. The van der Waals surface area contributed by atoms with Crippen molar-refractivity contribution in [2.24, 2.45) is 0 Å². The first-order chi connectivity index (χ1) is 14.1. The molecule has 1 unspecified atom stereocenters. The Kier molecular flexibility index (Phi) is 6.08. The number of carbonyl (C=O) groups excluding carboxylic acids is 1. The monoisotopic (exact) mass is 398 g/mol. The zero-order valence-electron chi connectivity index (χ0n) is 17.1. The number of amides is 1.